The van der Waals surface area contributed by atoms with Gasteiger partial charge in [-0.1, -0.05) is 23.7 Å². The molecule has 28 heavy (non-hydrogen) atoms. The van der Waals surface area contributed by atoms with Crippen molar-refractivity contribution < 1.29 is 24.1 Å². The number of rotatable bonds is 5. The Morgan fingerprint density at radius 3 is 2.68 bits per heavy atom. The lowest BCUT2D eigenvalue weighted by Crippen LogP contribution is -3.29. The summed E-state index contributed by atoms with van der Waals surface area (Å²) in [6.45, 7) is 7.25. The first-order valence-electron chi connectivity index (χ1n) is 9.71. The first-order valence-corrected chi connectivity index (χ1v) is 10.1. The SMILES string of the molecule is C[C@H](C(=O)Nc1ccc2c(c1)OCO2)[NH+]1CC[NH+](Cc2cccc(Cl)c2)CC1. The lowest BCUT2D eigenvalue weighted by Gasteiger charge is -2.32. The monoisotopic (exact) mass is 403 g/mol. The summed E-state index contributed by atoms with van der Waals surface area (Å²) in [6, 6.07) is 13.5. The molecular weight excluding hydrogens is 378 g/mol. The molecule has 2 aromatic carbocycles. The van der Waals surface area contributed by atoms with Gasteiger partial charge in [0.15, 0.2) is 17.5 Å². The van der Waals surface area contributed by atoms with Gasteiger partial charge in [0.1, 0.15) is 32.7 Å². The van der Waals surface area contributed by atoms with E-state index in [1.54, 1.807) is 0 Å². The highest BCUT2D eigenvalue weighted by Gasteiger charge is 2.31. The van der Waals surface area contributed by atoms with Crippen molar-refractivity contribution in [2.75, 3.05) is 38.3 Å². The van der Waals surface area contributed by atoms with Crippen LogP contribution in [0.4, 0.5) is 5.69 Å². The van der Waals surface area contributed by atoms with Crippen LogP contribution in [0.25, 0.3) is 0 Å². The molecule has 4 rings (SSSR count). The molecular formula is C21H26ClN3O3+2. The van der Waals surface area contributed by atoms with Crippen LogP contribution in [0.3, 0.4) is 0 Å². The van der Waals surface area contributed by atoms with E-state index < -0.39 is 0 Å². The Hall–Kier alpha value is -2.28. The summed E-state index contributed by atoms with van der Waals surface area (Å²) >= 11 is 6.09. The summed E-state index contributed by atoms with van der Waals surface area (Å²) in [6.07, 6.45) is 0. The molecule has 2 aliphatic heterocycles. The minimum absolute atomic E-state index is 0.0344. The Morgan fingerprint density at radius 1 is 1.11 bits per heavy atom. The lowest BCUT2D eigenvalue weighted by atomic mass is 10.1. The Labute approximate surface area is 170 Å². The summed E-state index contributed by atoms with van der Waals surface area (Å²) in [7, 11) is 0. The normalized spacial score (nSPS) is 21.9. The highest BCUT2D eigenvalue weighted by atomic mass is 35.5. The van der Waals surface area contributed by atoms with Gasteiger partial charge in [-0.3, -0.25) is 4.79 Å². The maximum Gasteiger partial charge on any atom is 0.282 e. The van der Waals surface area contributed by atoms with Crippen LogP contribution in [0.1, 0.15) is 12.5 Å². The van der Waals surface area contributed by atoms with Gasteiger partial charge >= 0.3 is 0 Å². The van der Waals surface area contributed by atoms with E-state index in [2.05, 4.69) is 11.4 Å². The van der Waals surface area contributed by atoms with E-state index in [0.29, 0.717) is 5.75 Å². The maximum absolute atomic E-state index is 12.7. The van der Waals surface area contributed by atoms with Gasteiger partial charge in [-0.25, -0.2) is 0 Å². The Morgan fingerprint density at radius 2 is 1.89 bits per heavy atom. The number of nitrogens with one attached hydrogen (secondary N) is 3. The van der Waals surface area contributed by atoms with Crippen molar-refractivity contribution in [1.82, 2.24) is 0 Å². The van der Waals surface area contributed by atoms with Gasteiger partial charge < -0.3 is 24.6 Å². The predicted octanol–water partition coefficient (Wildman–Crippen LogP) is 0.379. The molecule has 2 aliphatic rings. The zero-order valence-electron chi connectivity index (χ0n) is 16.0. The number of halogens is 1. The van der Waals surface area contributed by atoms with E-state index in [1.165, 1.54) is 15.4 Å². The molecule has 148 valence electrons. The Bertz CT molecular complexity index is 853. The molecule has 6 nitrogen and oxygen atoms in total. The van der Waals surface area contributed by atoms with Crippen molar-refractivity contribution >= 4 is 23.2 Å². The minimum atomic E-state index is -0.0989. The van der Waals surface area contributed by atoms with E-state index >= 15 is 0 Å². The Balaban J connectivity index is 1.28. The summed E-state index contributed by atoms with van der Waals surface area (Å²) < 4.78 is 10.7. The molecule has 0 radical (unpaired) electrons. The summed E-state index contributed by atoms with van der Waals surface area (Å²) in [5.41, 5.74) is 2.00. The van der Waals surface area contributed by atoms with Gasteiger partial charge in [-0.15, -0.1) is 0 Å². The Kier molecular flexibility index (Phi) is 5.71. The van der Waals surface area contributed by atoms with Crippen LogP contribution in [0.5, 0.6) is 11.5 Å². The number of hydrogen-bond acceptors (Lipinski definition) is 3. The summed E-state index contributed by atoms with van der Waals surface area (Å²) in [5, 5.41) is 3.80. The van der Waals surface area contributed by atoms with Crippen LogP contribution in [0.2, 0.25) is 5.02 Å². The topological polar surface area (TPSA) is 56.4 Å². The van der Waals surface area contributed by atoms with Gasteiger partial charge in [0.2, 0.25) is 6.79 Å². The van der Waals surface area contributed by atoms with Crippen LogP contribution >= 0.6 is 11.6 Å². The lowest BCUT2D eigenvalue weighted by molar-refractivity contribution is -1.02. The van der Waals surface area contributed by atoms with Crippen LogP contribution in [-0.2, 0) is 11.3 Å². The van der Waals surface area contributed by atoms with Crippen molar-refractivity contribution in [2.24, 2.45) is 0 Å². The van der Waals surface area contributed by atoms with Gasteiger partial charge in [0, 0.05) is 22.3 Å². The number of ether oxygens (including phenoxy) is 2. The predicted molar refractivity (Wildman–Crippen MR) is 107 cm³/mol. The standard InChI is InChI=1S/C21H24ClN3O3/c1-15(21(26)23-18-5-6-19-20(12-18)28-14-27-19)25-9-7-24(8-10-25)13-16-3-2-4-17(22)11-16/h2-6,11-12,15H,7-10,13-14H2,1H3,(H,23,26)/p+2/t15-/m1/s1. The van der Waals surface area contributed by atoms with Crippen LogP contribution in [-0.4, -0.2) is 44.9 Å². The molecule has 0 saturated carbocycles. The van der Waals surface area contributed by atoms with Crippen molar-refractivity contribution in [2.45, 2.75) is 19.5 Å². The zero-order chi connectivity index (χ0) is 19.5. The maximum atomic E-state index is 12.7. The number of fused-ring (bicyclic) bond motifs is 1. The number of carbonyl (C=O) groups is 1. The van der Waals surface area contributed by atoms with E-state index in [4.69, 9.17) is 21.1 Å². The zero-order valence-corrected chi connectivity index (χ0v) is 16.7. The van der Waals surface area contributed by atoms with Gasteiger partial charge in [-0.2, -0.15) is 0 Å². The van der Waals surface area contributed by atoms with E-state index in [9.17, 15) is 4.79 Å². The number of amides is 1. The average Bonchev–Trinajstić information content (AvgIpc) is 3.16. The second-order valence-corrected chi connectivity index (χ2v) is 7.93. The third-order valence-corrected chi connectivity index (χ3v) is 5.82. The largest absolute Gasteiger partial charge is 0.454 e. The fraction of sp³-hybridized carbons (Fsp3) is 0.381. The number of carbonyl (C=O) groups excluding carboxylic acids is 1. The smallest absolute Gasteiger partial charge is 0.282 e. The molecule has 3 N–H and O–H groups in total. The van der Waals surface area contributed by atoms with Crippen molar-refractivity contribution in [3.63, 3.8) is 0 Å². The number of hydrogen-bond donors (Lipinski definition) is 3. The fourth-order valence-electron chi connectivity index (χ4n) is 3.88. The van der Waals surface area contributed by atoms with E-state index in [-0.39, 0.29) is 18.7 Å². The molecule has 1 atom stereocenters. The van der Waals surface area contributed by atoms with Crippen LogP contribution in [0.15, 0.2) is 42.5 Å². The first-order chi connectivity index (χ1) is 13.6. The van der Waals surface area contributed by atoms with Gasteiger partial charge in [0.05, 0.1) is 0 Å². The molecule has 1 saturated heterocycles. The van der Waals surface area contributed by atoms with Crippen molar-refractivity contribution in [1.29, 1.82) is 0 Å². The molecule has 0 spiro atoms. The fourth-order valence-corrected chi connectivity index (χ4v) is 4.09. The van der Waals surface area contributed by atoms with Crippen molar-refractivity contribution in [3.05, 3.63) is 53.1 Å². The van der Waals surface area contributed by atoms with Crippen molar-refractivity contribution in [3.8, 4) is 11.5 Å². The second-order valence-electron chi connectivity index (χ2n) is 7.49. The molecule has 0 bridgehead atoms. The van der Waals surface area contributed by atoms with Crippen LogP contribution < -0.4 is 24.6 Å². The minimum Gasteiger partial charge on any atom is -0.454 e. The molecule has 7 heteroatoms. The summed E-state index contributed by atoms with van der Waals surface area (Å²) in [5.74, 6) is 1.43. The second kappa shape index (κ2) is 8.39. The number of benzene rings is 2. The molecule has 1 amide bonds. The van der Waals surface area contributed by atoms with Gasteiger partial charge in [-0.05, 0) is 31.2 Å². The van der Waals surface area contributed by atoms with E-state index in [0.717, 1.165) is 49.2 Å². The third kappa shape index (κ3) is 4.41. The number of anilines is 1. The van der Waals surface area contributed by atoms with Crippen LogP contribution in [0, 0.1) is 0 Å². The molecule has 0 unspecified atom stereocenters. The molecule has 2 aromatic rings. The molecule has 0 aromatic heterocycles. The third-order valence-electron chi connectivity index (χ3n) is 5.59. The number of piperazine rings is 1. The molecule has 0 aliphatic carbocycles. The highest BCUT2D eigenvalue weighted by molar-refractivity contribution is 6.30. The molecule has 1 fully saturated rings. The average molecular weight is 404 g/mol. The molecule has 2 heterocycles. The van der Waals surface area contributed by atoms with E-state index in [1.807, 2.05) is 43.3 Å². The first kappa shape index (κ1) is 19.1. The van der Waals surface area contributed by atoms with Gasteiger partial charge in [0.25, 0.3) is 5.91 Å². The quantitative estimate of drug-likeness (QED) is 0.676. The summed E-state index contributed by atoms with van der Waals surface area (Å²) in [4.78, 5) is 15.6. The number of quaternary nitrogens is 2. The highest BCUT2D eigenvalue weighted by Crippen LogP contribution is 2.34.